The number of rotatable bonds is 8. The lowest BCUT2D eigenvalue weighted by Crippen LogP contribution is -2.45. The summed E-state index contributed by atoms with van der Waals surface area (Å²) in [4.78, 5) is 27.8. The number of hydrogen-bond acceptors (Lipinski definition) is 6. The van der Waals surface area contributed by atoms with Crippen molar-refractivity contribution in [3.63, 3.8) is 0 Å². The van der Waals surface area contributed by atoms with Gasteiger partial charge in [-0.1, -0.05) is 20.8 Å². The van der Waals surface area contributed by atoms with E-state index < -0.39 is 27.9 Å². The van der Waals surface area contributed by atoms with Crippen LogP contribution in [0.2, 0.25) is 0 Å². The minimum absolute atomic E-state index is 0.0273. The van der Waals surface area contributed by atoms with Gasteiger partial charge in [-0.25, -0.2) is 13.4 Å². The van der Waals surface area contributed by atoms with Crippen molar-refractivity contribution >= 4 is 33.2 Å². The fourth-order valence-corrected chi connectivity index (χ4v) is 4.60. The first-order valence-corrected chi connectivity index (χ1v) is 11.4. The molecule has 0 aliphatic carbocycles. The van der Waals surface area contributed by atoms with Crippen LogP contribution >= 0.6 is 11.3 Å². The predicted octanol–water partition coefficient (Wildman–Crippen LogP) is 1.57. The Balaban J connectivity index is 1.89. The molecule has 2 amide bonds. The molecule has 2 rings (SSSR count). The molecule has 0 spiro atoms. The molecule has 0 bridgehead atoms. The summed E-state index contributed by atoms with van der Waals surface area (Å²) >= 11 is 1.54. The zero-order chi connectivity index (χ0) is 21.8. The third-order valence-corrected chi connectivity index (χ3v) is 6.60. The second kappa shape index (κ2) is 9.02. The zero-order valence-electron chi connectivity index (χ0n) is 16.9. The summed E-state index contributed by atoms with van der Waals surface area (Å²) in [6.07, 6.45) is 0.570. The van der Waals surface area contributed by atoms with Crippen LogP contribution in [0.25, 0.3) is 0 Å². The molecule has 1 aromatic carbocycles. The van der Waals surface area contributed by atoms with Gasteiger partial charge in [0.15, 0.2) is 0 Å². The molecule has 1 atom stereocenters. The molecule has 8 nitrogen and oxygen atoms in total. The SMILES string of the molecule is C[C@H](NS(=O)(=O)c1ccc(C(N)=O)cc1)C(=O)NCCc1nc(C(C)(C)C)cs1. The molecular formula is C19H26N4O4S2. The quantitative estimate of drug-likeness (QED) is 0.576. The van der Waals surface area contributed by atoms with Crippen molar-refractivity contribution in [1.29, 1.82) is 0 Å². The van der Waals surface area contributed by atoms with Crippen LogP contribution in [0.1, 0.15) is 48.8 Å². The Morgan fingerprint density at radius 3 is 2.34 bits per heavy atom. The Bertz CT molecular complexity index is 976. The first kappa shape index (κ1) is 23.0. The van der Waals surface area contributed by atoms with Crippen molar-refractivity contribution in [2.24, 2.45) is 5.73 Å². The molecule has 158 valence electrons. The highest BCUT2D eigenvalue weighted by Gasteiger charge is 2.22. The summed E-state index contributed by atoms with van der Waals surface area (Å²) < 4.78 is 27.1. The highest BCUT2D eigenvalue weighted by atomic mass is 32.2. The summed E-state index contributed by atoms with van der Waals surface area (Å²) in [6.45, 7) is 8.08. The largest absolute Gasteiger partial charge is 0.366 e. The van der Waals surface area contributed by atoms with E-state index in [1.165, 1.54) is 31.2 Å². The number of nitrogens with zero attached hydrogens (tertiary/aromatic N) is 1. The van der Waals surface area contributed by atoms with Gasteiger partial charge in [0.1, 0.15) is 0 Å². The standard InChI is InChI=1S/C19H26N4O4S2/c1-12(23-29(26,27)14-7-5-13(6-8-14)17(20)24)18(25)21-10-9-16-22-15(11-28-16)19(2,3)4/h5-8,11-12,23H,9-10H2,1-4H3,(H2,20,24)(H,21,25)/t12-/m0/s1. The van der Waals surface area contributed by atoms with E-state index in [4.69, 9.17) is 5.73 Å². The number of sulfonamides is 1. The number of aromatic nitrogens is 1. The average molecular weight is 439 g/mol. The first-order chi connectivity index (χ1) is 13.4. The summed E-state index contributed by atoms with van der Waals surface area (Å²) in [5.41, 5.74) is 6.32. The number of nitrogens with two attached hydrogens (primary N) is 1. The van der Waals surface area contributed by atoms with Gasteiger partial charge >= 0.3 is 0 Å². The fourth-order valence-electron chi connectivity index (χ4n) is 2.37. The van der Waals surface area contributed by atoms with Gasteiger partial charge in [0.05, 0.1) is 21.6 Å². The van der Waals surface area contributed by atoms with Crippen LogP contribution in [0, 0.1) is 0 Å². The highest BCUT2D eigenvalue weighted by Crippen LogP contribution is 2.23. The number of amides is 2. The number of benzene rings is 1. The molecule has 0 radical (unpaired) electrons. The number of primary amides is 1. The van der Waals surface area contributed by atoms with E-state index in [-0.39, 0.29) is 15.9 Å². The molecule has 4 N–H and O–H groups in total. The highest BCUT2D eigenvalue weighted by molar-refractivity contribution is 7.89. The normalized spacial score (nSPS) is 13.1. The number of nitrogens with one attached hydrogen (secondary N) is 2. The summed E-state index contributed by atoms with van der Waals surface area (Å²) in [5.74, 6) is -1.08. The number of carbonyl (C=O) groups excluding carboxylic acids is 2. The van der Waals surface area contributed by atoms with E-state index in [0.29, 0.717) is 13.0 Å². The van der Waals surface area contributed by atoms with Crippen LogP contribution in [-0.4, -0.2) is 37.8 Å². The van der Waals surface area contributed by atoms with Gasteiger partial charge in [-0.2, -0.15) is 4.72 Å². The lowest BCUT2D eigenvalue weighted by molar-refractivity contribution is -0.122. The van der Waals surface area contributed by atoms with Crippen molar-refractivity contribution in [1.82, 2.24) is 15.0 Å². The molecule has 0 aliphatic heterocycles. The van der Waals surface area contributed by atoms with Crippen molar-refractivity contribution in [3.05, 3.63) is 45.9 Å². The van der Waals surface area contributed by atoms with Gasteiger partial charge in [-0.15, -0.1) is 11.3 Å². The Hall–Kier alpha value is -2.30. The lowest BCUT2D eigenvalue weighted by Gasteiger charge is -2.15. The van der Waals surface area contributed by atoms with Gasteiger partial charge in [0.2, 0.25) is 21.8 Å². The maximum atomic E-state index is 12.4. The molecule has 1 aromatic heterocycles. The van der Waals surface area contributed by atoms with Gasteiger partial charge in [0, 0.05) is 29.3 Å². The van der Waals surface area contributed by atoms with Crippen LogP contribution in [0.5, 0.6) is 0 Å². The van der Waals surface area contributed by atoms with Gasteiger partial charge in [0.25, 0.3) is 0 Å². The molecule has 0 fully saturated rings. The van der Waals surface area contributed by atoms with E-state index in [2.05, 4.69) is 35.8 Å². The number of hydrogen-bond donors (Lipinski definition) is 3. The molecule has 0 saturated carbocycles. The Morgan fingerprint density at radius 1 is 1.21 bits per heavy atom. The molecule has 29 heavy (non-hydrogen) atoms. The monoisotopic (exact) mass is 438 g/mol. The first-order valence-electron chi connectivity index (χ1n) is 9.05. The second-order valence-electron chi connectivity index (χ2n) is 7.65. The molecule has 2 aromatic rings. The van der Waals surface area contributed by atoms with E-state index >= 15 is 0 Å². The summed E-state index contributed by atoms with van der Waals surface area (Å²) in [5, 5.41) is 5.64. The second-order valence-corrected chi connectivity index (χ2v) is 10.3. The topological polar surface area (TPSA) is 131 Å². The van der Waals surface area contributed by atoms with Crippen LogP contribution in [0.4, 0.5) is 0 Å². The molecular weight excluding hydrogens is 412 g/mol. The van der Waals surface area contributed by atoms with Crippen molar-refractivity contribution < 1.29 is 18.0 Å². The lowest BCUT2D eigenvalue weighted by atomic mass is 9.93. The van der Waals surface area contributed by atoms with Crippen LogP contribution in [0.3, 0.4) is 0 Å². The molecule has 0 saturated heterocycles. The fraction of sp³-hybridized carbons (Fsp3) is 0.421. The van der Waals surface area contributed by atoms with E-state index in [1.54, 1.807) is 11.3 Å². The van der Waals surface area contributed by atoms with Crippen molar-refractivity contribution in [2.45, 2.75) is 50.5 Å². The van der Waals surface area contributed by atoms with Crippen LogP contribution < -0.4 is 15.8 Å². The predicted molar refractivity (Wildman–Crippen MR) is 112 cm³/mol. The Labute approximate surface area is 175 Å². The number of thiazole rings is 1. The molecule has 0 aliphatic rings. The Kier molecular flexibility index (Phi) is 7.15. The summed E-state index contributed by atoms with van der Waals surface area (Å²) in [6, 6.07) is 4.21. The summed E-state index contributed by atoms with van der Waals surface area (Å²) in [7, 11) is -3.91. The van der Waals surface area contributed by atoms with E-state index in [9.17, 15) is 18.0 Å². The minimum atomic E-state index is -3.91. The van der Waals surface area contributed by atoms with E-state index in [1.807, 2.05) is 5.38 Å². The van der Waals surface area contributed by atoms with Gasteiger partial charge < -0.3 is 11.1 Å². The third-order valence-electron chi connectivity index (χ3n) is 4.13. The van der Waals surface area contributed by atoms with Crippen LogP contribution in [0.15, 0.2) is 34.5 Å². The van der Waals surface area contributed by atoms with Crippen LogP contribution in [-0.2, 0) is 26.7 Å². The van der Waals surface area contributed by atoms with Crippen molar-refractivity contribution in [2.75, 3.05) is 6.54 Å². The molecule has 10 heteroatoms. The Morgan fingerprint density at radius 2 is 1.83 bits per heavy atom. The molecule has 0 unspecified atom stereocenters. The average Bonchev–Trinajstić information content (AvgIpc) is 3.10. The minimum Gasteiger partial charge on any atom is -0.366 e. The van der Waals surface area contributed by atoms with Crippen molar-refractivity contribution in [3.8, 4) is 0 Å². The number of carbonyl (C=O) groups is 2. The third kappa shape index (κ3) is 6.34. The smallest absolute Gasteiger partial charge is 0.248 e. The molecule has 1 heterocycles. The van der Waals surface area contributed by atoms with Gasteiger partial charge in [-0.05, 0) is 31.2 Å². The maximum Gasteiger partial charge on any atom is 0.248 e. The van der Waals surface area contributed by atoms with Gasteiger partial charge in [-0.3, -0.25) is 9.59 Å². The van der Waals surface area contributed by atoms with E-state index in [0.717, 1.165) is 10.7 Å². The zero-order valence-corrected chi connectivity index (χ0v) is 18.5. The maximum absolute atomic E-state index is 12.4.